The van der Waals surface area contributed by atoms with E-state index in [1.54, 1.807) is 0 Å². The molecule has 0 aliphatic carbocycles. The van der Waals surface area contributed by atoms with Crippen LogP contribution in [0.4, 0.5) is 0 Å². The number of aliphatic imine (C=N–C) groups is 1. The summed E-state index contributed by atoms with van der Waals surface area (Å²) in [5.41, 5.74) is 3.24. The zero-order valence-corrected chi connectivity index (χ0v) is 13.2. The summed E-state index contributed by atoms with van der Waals surface area (Å²) in [6.07, 6.45) is 9.71. The molecule has 3 heterocycles. The maximum atomic E-state index is 5.44. The quantitative estimate of drug-likeness (QED) is 0.944. The van der Waals surface area contributed by atoms with Crippen molar-refractivity contribution in [2.45, 2.75) is 19.3 Å². The normalized spacial score (nSPS) is 19.3. The van der Waals surface area contributed by atoms with Crippen molar-refractivity contribution >= 4 is 22.8 Å². The van der Waals surface area contributed by atoms with E-state index in [4.69, 9.17) is 4.74 Å². The Bertz CT molecular complexity index is 727. The number of hydrogen-bond acceptors (Lipinski definition) is 4. The lowest BCUT2D eigenvalue weighted by atomic mass is 9.96. The minimum absolute atomic E-state index is 0.807. The SMILES string of the molecule is C1=NC(c2ccc3[nH]ncc3c2)=CN(CCC2CCOCC2)C1. The minimum atomic E-state index is 0.807. The third-order valence-corrected chi connectivity index (χ3v) is 4.75. The van der Waals surface area contributed by atoms with E-state index in [1.165, 1.54) is 19.3 Å². The number of nitrogens with one attached hydrogen (secondary N) is 1. The molecular formula is C18H22N4O. The Morgan fingerprint density at radius 3 is 3.09 bits per heavy atom. The first kappa shape index (κ1) is 14.5. The van der Waals surface area contributed by atoms with Crippen molar-refractivity contribution < 1.29 is 4.74 Å². The Hall–Kier alpha value is -2.14. The second-order valence-electron chi connectivity index (χ2n) is 6.34. The van der Waals surface area contributed by atoms with Gasteiger partial charge in [-0.2, -0.15) is 5.10 Å². The molecule has 4 rings (SSSR count). The van der Waals surface area contributed by atoms with Gasteiger partial charge < -0.3 is 9.64 Å². The molecule has 0 radical (unpaired) electrons. The van der Waals surface area contributed by atoms with Crippen LogP contribution in [0.3, 0.4) is 0 Å². The molecule has 23 heavy (non-hydrogen) atoms. The van der Waals surface area contributed by atoms with Gasteiger partial charge in [0.2, 0.25) is 0 Å². The molecule has 0 unspecified atom stereocenters. The molecule has 2 aromatic rings. The van der Waals surface area contributed by atoms with Gasteiger partial charge in [0.25, 0.3) is 0 Å². The minimum Gasteiger partial charge on any atom is -0.381 e. The summed E-state index contributed by atoms with van der Waals surface area (Å²) < 4.78 is 5.44. The first-order chi connectivity index (χ1) is 11.4. The van der Waals surface area contributed by atoms with Crippen LogP contribution in [0.15, 0.2) is 35.6 Å². The standard InChI is InChI=1S/C18H22N4O/c1-2-17-16(12-20-21-17)11-15(1)18-13-22(8-6-19-18)7-3-14-4-9-23-10-5-14/h1-2,6,11-14H,3-5,7-10H2,(H,20,21). The van der Waals surface area contributed by atoms with Crippen LogP contribution in [-0.4, -0.2) is 47.6 Å². The molecule has 1 fully saturated rings. The topological polar surface area (TPSA) is 53.5 Å². The smallest absolute Gasteiger partial charge is 0.0857 e. The number of hydrogen-bond donors (Lipinski definition) is 1. The molecule has 2 aliphatic heterocycles. The highest BCUT2D eigenvalue weighted by Gasteiger charge is 2.16. The lowest BCUT2D eigenvalue weighted by molar-refractivity contribution is 0.0620. The fourth-order valence-corrected chi connectivity index (χ4v) is 3.29. The highest BCUT2D eigenvalue weighted by molar-refractivity contribution is 5.85. The summed E-state index contributed by atoms with van der Waals surface area (Å²) in [5.74, 6) is 0.807. The van der Waals surface area contributed by atoms with Gasteiger partial charge in [-0.3, -0.25) is 10.1 Å². The molecule has 1 aromatic carbocycles. The van der Waals surface area contributed by atoms with Gasteiger partial charge in [-0.15, -0.1) is 0 Å². The van der Waals surface area contributed by atoms with Gasteiger partial charge in [-0.05, 0) is 37.3 Å². The van der Waals surface area contributed by atoms with Crippen molar-refractivity contribution in [3.63, 3.8) is 0 Å². The molecule has 1 N–H and O–H groups in total. The fourth-order valence-electron chi connectivity index (χ4n) is 3.29. The monoisotopic (exact) mass is 310 g/mol. The van der Waals surface area contributed by atoms with Gasteiger partial charge in [0.1, 0.15) is 0 Å². The highest BCUT2D eigenvalue weighted by atomic mass is 16.5. The summed E-state index contributed by atoms with van der Waals surface area (Å²) in [4.78, 5) is 6.95. The second-order valence-corrected chi connectivity index (χ2v) is 6.34. The van der Waals surface area contributed by atoms with Crippen molar-refractivity contribution in [3.8, 4) is 0 Å². The summed E-state index contributed by atoms with van der Waals surface area (Å²) in [6, 6.07) is 6.31. The van der Waals surface area contributed by atoms with Crippen LogP contribution in [0.2, 0.25) is 0 Å². The third kappa shape index (κ3) is 3.29. The van der Waals surface area contributed by atoms with Gasteiger partial charge in [-0.25, -0.2) is 0 Å². The molecular weight excluding hydrogens is 288 g/mol. The van der Waals surface area contributed by atoms with E-state index < -0.39 is 0 Å². The predicted octanol–water partition coefficient (Wildman–Crippen LogP) is 3.06. The number of H-pyrrole nitrogens is 1. The Labute approximate surface area is 136 Å². The summed E-state index contributed by atoms with van der Waals surface area (Å²) in [5, 5.41) is 8.19. The average molecular weight is 310 g/mol. The fraction of sp³-hybridized carbons (Fsp3) is 0.444. The van der Waals surface area contributed by atoms with Gasteiger partial charge in [0.15, 0.2) is 0 Å². The second kappa shape index (κ2) is 6.54. The summed E-state index contributed by atoms with van der Waals surface area (Å²) in [6.45, 7) is 3.85. The van der Waals surface area contributed by atoms with E-state index in [-0.39, 0.29) is 0 Å². The maximum absolute atomic E-state index is 5.44. The van der Waals surface area contributed by atoms with Crippen molar-refractivity contribution in [2.24, 2.45) is 10.9 Å². The van der Waals surface area contributed by atoms with Crippen LogP contribution in [0, 0.1) is 5.92 Å². The number of benzene rings is 1. The number of fused-ring (bicyclic) bond motifs is 1. The van der Waals surface area contributed by atoms with E-state index in [1.807, 2.05) is 12.4 Å². The van der Waals surface area contributed by atoms with Gasteiger partial charge in [0.05, 0.1) is 24.0 Å². The molecule has 0 saturated carbocycles. The Morgan fingerprint density at radius 2 is 2.17 bits per heavy atom. The Kier molecular flexibility index (Phi) is 4.11. The molecule has 120 valence electrons. The van der Waals surface area contributed by atoms with Gasteiger partial charge in [0, 0.05) is 43.1 Å². The van der Waals surface area contributed by atoms with E-state index in [9.17, 15) is 0 Å². The predicted molar refractivity (Wildman–Crippen MR) is 92.3 cm³/mol. The first-order valence-electron chi connectivity index (χ1n) is 8.38. The van der Waals surface area contributed by atoms with Crippen LogP contribution in [0.25, 0.3) is 16.6 Å². The largest absolute Gasteiger partial charge is 0.381 e. The molecule has 5 heteroatoms. The molecule has 1 saturated heterocycles. The highest BCUT2D eigenvalue weighted by Crippen LogP contribution is 2.24. The van der Waals surface area contributed by atoms with E-state index in [0.29, 0.717) is 0 Å². The number of aromatic nitrogens is 2. The summed E-state index contributed by atoms with van der Waals surface area (Å²) >= 11 is 0. The molecule has 1 aromatic heterocycles. The third-order valence-electron chi connectivity index (χ3n) is 4.75. The van der Waals surface area contributed by atoms with Crippen molar-refractivity contribution in [1.29, 1.82) is 0 Å². The van der Waals surface area contributed by atoms with E-state index in [2.05, 4.69) is 44.5 Å². The average Bonchev–Trinajstić information content (AvgIpc) is 3.09. The van der Waals surface area contributed by atoms with Crippen LogP contribution in [-0.2, 0) is 4.74 Å². The van der Waals surface area contributed by atoms with Gasteiger partial charge >= 0.3 is 0 Å². The molecule has 2 aliphatic rings. The lowest BCUT2D eigenvalue weighted by Gasteiger charge is -2.27. The van der Waals surface area contributed by atoms with Crippen molar-refractivity contribution in [2.75, 3.05) is 26.3 Å². The zero-order valence-electron chi connectivity index (χ0n) is 13.2. The van der Waals surface area contributed by atoms with E-state index in [0.717, 1.165) is 54.4 Å². The zero-order chi connectivity index (χ0) is 15.5. The molecule has 5 nitrogen and oxygen atoms in total. The number of ether oxygens (including phenoxy) is 1. The van der Waals surface area contributed by atoms with Crippen LogP contribution in [0.1, 0.15) is 24.8 Å². The number of aromatic amines is 1. The van der Waals surface area contributed by atoms with Crippen LogP contribution >= 0.6 is 0 Å². The molecule has 0 amide bonds. The van der Waals surface area contributed by atoms with Crippen molar-refractivity contribution in [3.05, 3.63) is 36.2 Å². The molecule has 0 atom stereocenters. The van der Waals surface area contributed by atoms with Crippen LogP contribution in [0.5, 0.6) is 0 Å². The van der Waals surface area contributed by atoms with E-state index >= 15 is 0 Å². The lowest BCUT2D eigenvalue weighted by Crippen LogP contribution is -2.27. The Balaban J connectivity index is 1.45. The molecule has 0 spiro atoms. The molecule has 0 bridgehead atoms. The Morgan fingerprint density at radius 1 is 1.26 bits per heavy atom. The number of rotatable bonds is 4. The number of nitrogens with zero attached hydrogens (tertiary/aromatic N) is 3. The van der Waals surface area contributed by atoms with Gasteiger partial charge in [-0.1, -0.05) is 6.07 Å². The van der Waals surface area contributed by atoms with Crippen LogP contribution < -0.4 is 0 Å². The van der Waals surface area contributed by atoms with Crippen molar-refractivity contribution in [1.82, 2.24) is 15.1 Å². The first-order valence-corrected chi connectivity index (χ1v) is 8.38. The summed E-state index contributed by atoms with van der Waals surface area (Å²) in [7, 11) is 0. The maximum Gasteiger partial charge on any atom is 0.0857 e.